The Morgan fingerprint density at radius 2 is 2.00 bits per heavy atom. The van der Waals surface area contributed by atoms with Gasteiger partial charge >= 0.3 is 0 Å². The van der Waals surface area contributed by atoms with Crippen LogP contribution in [0.25, 0.3) is 6.08 Å². The SMILES string of the molecule is COCC(O)C1OCc2cc(OC)ccc2C1C=Cc1ccccc1. The topological polar surface area (TPSA) is 47.9 Å². The third-order valence-electron chi connectivity index (χ3n) is 4.51. The van der Waals surface area contributed by atoms with Gasteiger partial charge in [0.05, 0.1) is 26.4 Å². The number of benzene rings is 2. The molecule has 0 radical (unpaired) electrons. The Hall–Kier alpha value is -2.14. The molecular weight excluding hydrogens is 316 g/mol. The Labute approximate surface area is 148 Å². The summed E-state index contributed by atoms with van der Waals surface area (Å²) in [6.45, 7) is 0.694. The molecule has 0 aliphatic carbocycles. The molecule has 4 heteroatoms. The van der Waals surface area contributed by atoms with Crippen molar-refractivity contribution in [3.05, 3.63) is 71.3 Å². The second-order valence-electron chi connectivity index (χ2n) is 6.16. The Morgan fingerprint density at radius 3 is 2.72 bits per heavy atom. The molecule has 3 unspecified atom stereocenters. The number of fused-ring (bicyclic) bond motifs is 1. The van der Waals surface area contributed by atoms with E-state index in [9.17, 15) is 5.11 Å². The summed E-state index contributed by atoms with van der Waals surface area (Å²) in [7, 11) is 3.24. The van der Waals surface area contributed by atoms with Crippen LogP contribution in [0.1, 0.15) is 22.6 Å². The lowest BCUT2D eigenvalue weighted by Gasteiger charge is -2.35. The molecule has 132 valence electrons. The molecule has 0 bridgehead atoms. The summed E-state index contributed by atoms with van der Waals surface area (Å²) in [5, 5.41) is 10.5. The molecule has 0 fully saturated rings. The van der Waals surface area contributed by atoms with Crippen molar-refractivity contribution in [3.63, 3.8) is 0 Å². The summed E-state index contributed by atoms with van der Waals surface area (Å²) in [4.78, 5) is 0. The molecule has 25 heavy (non-hydrogen) atoms. The molecule has 0 aromatic heterocycles. The lowest BCUT2D eigenvalue weighted by molar-refractivity contribution is -0.0844. The Bertz CT molecular complexity index is 711. The smallest absolute Gasteiger partial charge is 0.119 e. The molecule has 3 rings (SSSR count). The fourth-order valence-corrected chi connectivity index (χ4v) is 3.23. The van der Waals surface area contributed by atoms with Crippen LogP contribution in [-0.2, 0) is 16.1 Å². The highest BCUT2D eigenvalue weighted by atomic mass is 16.5. The predicted octanol–water partition coefficient (Wildman–Crippen LogP) is 3.40. The largest absolute Gasteiger partial charge is 0.497 e. The van der Waals surface area contributed by atoms with Gasteiger partial charge in [-0.05, 0) is 28.8 Å². The second-order valence-corrected chi connectivity index (χ2v) is 6.16. The van der Waals surface area contributed by atoms with Gasteiger partial charge in [-0.3, -0.25) is 0 Å². The van der Waals surface area contributed by atoms with E-state index in [2.05, 4.69) is 30.4 Å². The van der Waals surface area contributed by atoms with E-state index in [4.69, 9.17) is 14.2 Å². The molecule has 1 N–H and O–H groups in total. The monoisotopic (exact) mass is 340 g/mol. The summed E-state index contributed by atoms with van der Waals surface area (Å²) >= 11 is 0. The highest BCUT2D eigenvalue weighted by molar-refractivity contribution is 5.52. The lowest BCUT2D eigenvalue weighted by atomic mass is 9.84. The van der Waals surface area contributed by atoms with Crippen molar-refractivity contribution < 1.29 is 19.3 Å². The van der Waals surface area contributed by atoms with E-state index in [-0.39, 0.29) is 18.6 Å². The number of rotatable bonds is 6. The summed E-state index contributed by atoms with van der Waals surface area (Å²) in [5.74, 6) is 0.754. The third-order valence-corrected chi connectivity index (χ3v) is 4.51. The summed E-state index contributed by atoms with van der Waals surface area (Å²) in [6, 6.07) is 16.1. The van der Waals surface area contributed by atoms with Crippen molar-refractivity contribution in [2.75, 3.05) is 20.8 Å². The highest BCUT2D eigenvalue weighted by Gasteiger charge is 2.34. The standard InChI is InChI=1S/C21H24O4/c1-23-14-20(22)21-19(10-8-15-6-4-3-5-7-15)18-11-9-17(24-2)12-16(18)13-25-21/h3-12,19-22H,13-14H2,1-2H3. The average molecular weight is 340 g/mol. The third kappa shape index (κ3) is 4.10. The van der Waals surface area contributed by atoms with Gasteiger partial charge in [0.1, 0.15) is 11.9 Å². The van der Waals surface area contributed by atoms with Crippen molar-refractivity contribution in [3.8, 4) is 5.75 Å². The minimum absolute atomic E-state index is 0.0555. The van der Waals surface area contributed by atoms with Crippen molar-refractivity contribution >= 4 is 6.08 Å². The van der Waals surface area contributed by atoms with Crippen LogP contribution in [-0.4, -0.2) is 38.1 Å². The minimum Gasteiger partial charge on any atom is -0.497 e. The van der Waals surface area contributed by atoms with Gasteiger partial charge in [0, 0.05) is 13.0 Å². The predicted molar refractivity (Wildman–Crippen MR) is 97.7 cm³/mol. The van der Waals surface area contributed by atoms with Gasteiger partial charge < -0.3 is 19.3 Å². The van der Waals surface area contributed by atoms with E-state index in [0.29, 0.717) is 6.61 Å². The van der Waals surface area contributed by atoms with Crippen LogP contribution in [0.3, 0.4) is 0 Å². The number of ether oxygens (including phenoxy) is 3. The molecule has 1 heterocycles. The van der Waals surface area contributed by atoms with Gasteiger partial charge in [0.25, 0.3) is 0 Å². The zero-order valence-corrected chi connectivity index (χ0v) is 14.6. The fraction of sp³-hybridized carbons (Fsp3) is 0.333. The summed E-state index contributed by atoms with van der Waals surface area (Å²) < 4.78 is 16.4. The molecule has 1 aliphatic heterocycles. The quantitative estimate of drug-likeness (QED) is 0.876. The molecule has 0 saturated carbocycles. The van der Waals surface area contributed by atoms with E-state index in [0.717, 1.165) is 22.4 Å². The van der Waals surface area contributed by atoms with Crippen LogP contribution in [0, 0.1) is 0 Å². The highest BCUT2D eigenvalue weighted by Crippen LogP contribution is 2.36. The van der Waals surface area contributed by atoms with Crippen LogP contribution >= 0.6 is 0 Å². The number of hydrogen-bond acceptors (Lipinski definition) is 4. The number of aliphatic hydroxyl groups is 1. The maximum Gasteiger partial charge on any atom is 0.119 e. The molecule has 3 atom stereocenters. The van der Waals surface area contributed by atoms with E-state index < -0.39 is 6.10 Å². The van der Waals surface area contributed by atoms with Crippen LogP contribution in [0.15, 0.2) is 54.6 Å². The van der Waals surface area contributed by atoms with Crippen LogP contribution in [0.5, 0.6) is 5.75 Å². The van der Waals surface area contributed by atoms with Gasteiger partial charge in [-0.15, -0.1) is 0 Å². The minimum atomic E-state index is -0.689. The average Bonchev–Trinajstić information content (AvgIpc) is 2.66. The second kappa shape index (κ2) is 8.30. The van der Waals surface area contributed by atoms with Gasteiger partial charge in [0.2, 0.25) is 0 Å². The van der Waals surface area contributed by atoms with Gasteiger partial charge in [0.15, 0.2) is 0 Å². The Kier molecular flexibility index (Phi) is 5.87. The zero-order chi connectivity index (χ0) is 17.6. The molecular formula is C21H24O4. The number of hydrogen-bond donors (Lipinski definition) is 1. The van der Waals surface area contributed by atoms with Crippen molar-refractivity contribution in [1.29, 1.82) is 0 Å². The maximum atomic E-state index is 10.5. The zero-order valence-electron chi connectivity index (χ0n) is 14.6. The van der Waals surface area contributed by atoms with Gasteiger partial charge in [-0.1, -0.05) is 48.6 Å². The Balaban J connectivity index is 1.94. The molecule has 4 nitrogen and oxygen atoms in total. The van der Waals surface area contributed by atoms with E-state index in [1.165, 1.54) is 0 Å². The molecule has 0 saturated heterocycles. The van der Waals surface area contributed by atoms with Crippen LogP contribution < -0.4 is 4.74 Å². The first kappa shape index (κ1) is 17.7. The lowest BCUT2D eigenvalue weighted by Crippen LogP contribution is -2.39. The first-order chi connectivity index (χ1) is 12.2. The van der Waals surface area contributed by atoms with Crippen molar-refractivity contribution in [1.82, 2.24) is 0 Å². The van der Waals surface area contributed by atoms with E-state index in [1.807, 2.05) is 30.3 Å². The van der Waals surface area contributed by atoms with Gasteiger partial charge in [-0.2, -0.15) is 0 Å². The molecule has 2 aromatic carbocycles. The molecule has 2 aromatic rings. The molecule has 0 spiro atoms. The number of aliphatic hydroxyl groups excluding tert-OH is 1. The molecule has 0 amide bonds. The molecule has 1 aliphatic rings. The Morgan fingerprint density at radius 1 is 1.20 bits per heavy atom. The van der Waals surface area contributed by atoms with E-state index >= 15 is 0 Å². The summed E-state index contributed by atoms with van der Waals surface area (Å²) in [6.07, 6.45) is 3.13. The van der Waals surface area contributed by atoms with Crippen LogP contribution in [0.4, 0.5) is 0 Å². The first-order valence-corrected chi connectivity index (χ1v) is 8.41. The summed E-state index contributed by atoms with van der Waals surface area (Å²) in [5.41, 5.74) is 3.35. The van der Waals surface area contributed by atoms with Crippen molar-refractivity contribution in [2.24, 2.45) is 0 Å². The van der Waals surface area contributed by atoms with Crippen molar-refractivity contribution in [2.45, 2.75) is 24.7 Å². The van der Waals surface area contributed by atoms with E-state index in [1.54, 1.807) is 14.2 Å². The van der Waals surface area contributed by atoms with Gasteiger partial charge in [-0.25, -0.2) is 0 Å². The van der Waals surface area contributed by atoms with Crippen LogP contribution in [0.2, 0.25) is 0 Å². The fourth-order valence-electron chi connectivity index (χ4n) is 3.23. The maximum absolute atomic E-state index is 10.5. The normalized spacial score (nSPS) is 21.1. The first-order valence-electron chi connectivity index (χ1n) is 8.41. The number of methoxy groups -OCH3 is 2.